The van der Waals surface area contributed by atoms with E-state index in [9.17, 15) is 8.42 Å². The van der Waals surface area contributed by atoms with Crippen molar-refractivity contribution in [2.24, 2.45) is 0 Å². The van der Waals surface area contributed by atoms with Crippen molar-refractivity contribution in [2.45, 2.75) is 11.8 Å². The lowest BCUT2D eigenvalue weighted by Gasteiger charge is -2.12. The molecule has 1 aromatic carbocycles. The van der Waals surface area contributed by atoms with Gasteiger partial charge in [-0.3, -0.25) is 4.72 Å². The number of aromatic nitrogens is 1. The summed E-state index contributed by atoms with van der Waals surface area (Å²) in [5.74, 6) is 0. The Kier molecular flexibility index (Phi) is 4.59. The predicted octanol–water partition coefficient (Wildman–Crippen LogP) is 4.26. The molecule has 0 unspecified atom stereocenters. The van der Waals surface area contributed by atoms with E-state index in [-0.39, 0.29) is 20.9 Å². The Balaban J connectivity index is 2.41. The highest BCUT2D eigenvalue weighted by Gasteiger charge is 2.18. The van der Waals surface area contributed by atoms with Crippen LogP contribution in [0.5, 0.6) is 0 Å². The molecule has 2 rings (SSSR count). The van der Waals surface area contributed by atoms with Crippen molar-refractivity contribution < 1.29 is 8.42 Å². The molecule has 0 saturated carbocycles. The van der Waals surface area contributed by atoms with Gasteiger partial charge in [0.05, 0.1) is 10.6 Å². The van der Waals surface area contributed by atoms with E-state index in [0.29, 0.717) is 5.56 Å². The maximum atomic E-state index is 12.3. The molecule has 0 saturated heterocycles. The molecule has 1 aromatic heterocycles. The van der Waals surface area contributed by atoms with Crippen LogP contribution in [0.4, 0.5) is 5.69 Å². The van der Waals surface area contributed by atoms with Crippen LogP contribution in [0.15, 0.2) is 39.7 Å². The highest BCUT2D eigenvalue weighted by molar-refractivity contribution is 9.10. The summed E-state index contributed by atoms with van der Waals surface area (Å²) in [5, 5.41) is 0.217. The minimum Gasteiger partial charge on any atom is -0.276 e. The molecule has 0 aliphatic rings. The van der Waals surface area contributed by atoms with Gasteiger partial charge in [-0.05, 0) is 42.8 Å². The molecule has 106 valence electrons. The van der Waals surface area contributed by atoms with E-state index in [1.54, 1.807) is 19.1 Å². The predicted molar refractivity (Wildman–Crippen MR) is 83.9 cm³/mol. The van der Waals surface area contributed by atoms with E-state index in [1.165, 1.54) is 18.2 Å². The van der Waals surface area contributed by atoms with Crippen LogP contribution in [-0.2, 0) is 10.0 Å². The zero-order chi connectivity index (χ0) is 14.9. The molecule has 0 bridgehead atoms. The lowest BCUT2D eigenvalue weighted by molar-refractivity contribution is 0.601. The molecule has 0 spiro atoms. The normalized spacial score (nSPS) is 11.4. The van der Waals surface area contributed by atoms with Crippen LogP contribution >= 0.6 is 39.1 Å². The van der Waals surface area contributed by atoms with Gasteiger partial charge in [0, 0.05) is 4.47 Å². The van der Waals surface area contributed by atoms with E-state index < -0.39 is 10.0 Å². The third-order valence-electron chi connectivity index (χ3n) is 2.50. The third-order valence-corrected chi connectivity index (χ3v) is 4.86. The lowest BCUT2D eigenvalue weighted by atomic mass is 10.3. The number of benzene rings is 1. The molecule has 0 radical (unpaired) electrons. The highest BCUT2D eigenvalue weighted by atomic mass is 79.9. The maximum Gasteiger partial charge on any atom is 0.262 e. The first-order valence-electron chi connectivity index (χ1n) is 5.40. The molecule has 0 atom stereocenters. The van der Waals surface area contributed by atoms with E-state index in [4.69, 9.17) is 23.2 Å². The van der Waals surface area contributed by atoms with E-state index in [2.05, 4.69) is 25.6 Å². The molecule has 0 fully saturated rings. The summed E-state index contributed by atoms with van der Waals surface area (Å²) in [6, 6.07) is 7.79. The number of nitrogens with one attached hydrogen (secondary N) is 1. The largest absolute Gasteiger partial charge is 0.276 e. The Morgan fingerprint density at radius 3 is 2.35 bits per heavy atom. The SMILES string of the molecule is Cc1cc(Cl)nc(Cl)c1NS(=O)(=O)c1ccc(Br)cc1. The Labute approximate surface area is 135 Å². The van der Waals surface area contributed by atoms with Gasteiger partial charge < -0.3 is 0 Å². The molecule has 0 aliphatic heterocycles. The van der Waals surface area contributed by atoms with Crippen LogP contribution in [-0.4, -0.2) is 13.4 Å². The first kappa shape index (κ1) is 15.6. The highest BCUT2D eigenvalue weighted by Crippen LogP contribution is 2.28. The Morgan fingerprint density at radius 2 is 1.80 bits per heavy atom. The van der Waals surface area contributed by atoms with Gasteiger partial charge in [-0.25, -0.2) is 13.4 Å². The van der Waals surface area contributed by atoms with Gasteiger partial charge in [-0.1, -0.05) is 39.1 Å². The quantitative estimate of drug-likeness (QED) is 0.789. The molecule has 20 heavy (non-hydrogen) atoms. The monoisotopic (exact) mass is 394 g/mol. The number of sulfonamides is 1. The molecule has 8 heteroatoms. The molecular weight excluding hydrogens is 387 g/mol. The molecule has 4 nitrogen and oxygen atoms in total. The zero-order valence-electron chi connectivity index (χ0n) is 10.2. The van der Waals surface area contributed by atoms with Gasteiger partial charge >= 0.3 is 0 Å². The standard InChI is InChI=1S/C12H9BrCl2N2O2S/c1-7-6-10(14)16-12(15)11(7)17-20(18,19)9-4-2-8(13)3-5-9/h2-6,17H,1H3. The smallest absolute Gasteiger partial charge is 0.262 e. The van der Waals surface area contributed by atoms with Crippen LogP contribution in [0.1, 0.15) is 5.56 Å². The molecule has 0 amide bonds. The maximum absolute atomic E-state index is 12.3. The van der Waals surface area contributed by atoms with Crippen LogP contribution in [0.2, 0.25) is 10.3 Å². The number of nitrogens with zero attached hydrogens (tertiary/aromatic N) is 1. The Hall–Kier alpha value is -0.820. The average molecular weight is 396 g/mol. The molecule has 0 aliphatic carbocycles. The summed E-state index contributed by atoms with van der Waals surface area (Å²) in [5.41, 5.74) is 0.815. The molecular formula is C12H9BrCl2N2O2S. The lowest BCUT2D eigenvalue weighted by Crippen LogP contribution is -2.14. The van der Waals surface area contributed by atoms with Crippen LogP contribution in [0.3, 0.4) is 0 Å². The van der Waals surface area contributed by atoms with Crippen molar-refractivity contribution in [1.29, 1.82) is 0 Å². The van der Waals surface area contributed by atoms with Crippen LogP contribution < -0.4 is 4.72 Å². The minimum absolute atomic E-state index is 0.00990. The van der Waals surface area contributed by atoms with Gasteiger partial charge in [-0.15, -0.1) is 0 Å². The number of anilines is 1. The van der Waals surface area contributed by atoms with Gasteiger partial charge in [0.1, 0.15) is 5.15 Å². The van der Waals surface area contributed by atoms with Crippen LogP contribution in [0.25, 0.3) is 0 Å². The molecule has 1 N–H and O–H groups in total. The average Bonchev–Trinajstić information content (AvgIpc) is 2.34. The number of hydrogen-bond acceptors (Lipinski definition) is 3. The number of pyridine rings is 1. The number of aryl methyl sites for hydroxylation is 1. The van der Waals surface area contributed by atoms with Gasteiger partial charge in [0.15, 0.2) is 5.15 Å². The second kappa shape index (κ2) is 5.89. The third kappa shape index (κ3) is 3.44. The Bertz CT molecular complexity index is 726. The fourth-order valence-electron chi connectivity index (χ4n) is 1.53. The van der Waals surface area contributed by atoms with E-state index in [1.807, 2.05) is 0 Å². The summed E-state index contributed by atoms with van der Waals surface area (Å²) in [6.45, 7) is 1.69. The van der Waals surface area contributed by atoms with Crippen molar-refractivity contribution in [3.63, 3.8) is 0 Å². The van der Waals surface area contributed by atoms with E-state index in [0.717, 1.165) is 4.47 Å². The zero-order valence-corrected chi connectivity index (χ0v) is 14.1. The second-order valence-electron chi connectivity index (χ2n) is 3.99. The Morgan fingerprint density at radius 1 is 1.20 bits per heavy atom. The molecule has 2 aromatic rings. The fourth-order valence-corrected chi connectivity index (χ4v) is 3.56. The van der Waals surface area contributed by atoms with Crippen molar-refractivity contribution in [2.75, 3.05) is 4.72 Å². The number of rotatable bonds is 3. The van der Waals surface area contributed by atoms with Gasteiger partial charge in [0.25, 0.3) is 10.0 Å². The minimum atomic E-state index is -3.73. The van der Waals surface area contributed by atoms with Gasteiger partial charge in [0.2, 0.25) is 0 Å². The summed E-state index contributed by atoms with van der Waals surface area (Å²) in [6.07, 6.45) is 0. The van der Waals surface area contributed by atoms with E-state index >= 15 is 0 Å². The molecule has 1 heterocycles. The van der Waals surface area contributed by atoms with Gasteiger partial charge in [-0.2, -0.15) is 0 Å². The second-order valence-corrected chi connectivity index (χ2v) is 7.33. The van der Waals surface area contributed by atoms with Crippen molar-refractivity contribution in [1.82, 2.24) is 4.98 Å². The fraction of sp³-hybridized carbons (Fsp3) is 0.0833. The van der Waals surface area contributed by atoms with Crippen LogP contribution in [0, 0.1) is 6.92 Å². The number of hydrogen-bond donors (Lipinski definition) is 1. The van der Waals surface area contributed by atoms with Crippen molar-refractivity contribution in [3.05, 3.63) is 50.7 Å². The van der Waals surface area contributed by atoms with Crippen molar-refractivity contribution in [3.8, 4) is 0 Å². The first-order chi connectivity index (χ1) is 9.29. The summed E-state index contributed by atoms with van der Waals surface area (Å²) in [7, 11) is -3.73. The summed E-state index contributed by atoms with van der Waals surface area (Å²) in [4.78, 5) is 3.95. The van der Waals surface area contributed by atoms with Crippen molar-refractivity contribution >= 4 is 54.8 Å². The topological polar surface area (TPSA) is 59.1 Å². The summed E-state index contributed by atoms with van der Waals surface area (Å²) >= 11 is 14.9. The summed E-state index contributed by atoms with van der Waals surface area (Å²) < 4.78 is 27.7. The first-order valence-corrected chi connectivity index (χ1v) is 8.44. The number of halogens is 3.